The normalized spacial score (nSPS) is 22.9. The Balaban J connectivity index is 2.13. The summed E-state index contributed by atoms with van der Waals surface area (Å²) in [5.41, 5.74) is 6.71. The molecule has 0 bridgehead atoms. The lowest BCUT2D eigenvalue weighted by atomic mass is 9.91. The molecule has 0 spiro atoms. The molecule has 19 heavy (non-hydrogen) atoms. The number of benzene rings is 1. The third-order valence-electron chi connectivity index (χ3n) is 3.52. The highest BCUT2D eigenvalue weighted by molar-refractivity contribution is 5.95. The summed E-state index contributed by atoms with van der Waals surface area (Å²) in [6.07, 6.45) is 3.84. The van der Waals surface area contributed by atoms with E-state index in [0.717, 1.165) is 25.7 Å². The Hall–Kier alpha value is -1.62. The van der Waals surface area contributed by atoms with E-state index in [9.17, 15) is 9.18 Å². The zero-order chi connectivity index (χ0) is 13.8. The summed E-state index contributed by atoms with van der Waals surface area (Å²) in [6.45, 7) is 0. The highest BCUT2D eigenvalue weighted by Crippen LogP contribution is 2.24. The van der Waals surface area contributed by atoms with Crippen LogP contribution in [0.25, 0.3) is 0 Å². The van der Waals surface area contributed by atoms with Gasteiger partial charge in [-0.2, -0.15) is 0 Å². The Morgan fingerprint density at radius 3 is 2.68 bits per heavy atom. The van der Waals surface area contributed by atoms with Gasteiger partial charge in [0, 0.05) is 17.8 Å². The zero-order valence-electron chi connectivity index (χ0n) is 11.0. The quantitative estimate of drug-likeness (QED) is 0.824. The molecular formula is C14H19FN2O2. The van der Waals surface area contributed by atoms with Crippen LogP contribution in [0.15, 0.2) is 18.2 Å². The van der Waals surface area contributed by atoms with Crippen LogP contribution in [0.1, 0.15) is 36.0 Å². The molecule has 0 aliphatic heterocycles. The number of carbonyl (C=O) groups excluding carboxylic acids is 1. The molecule has 0 aromatic heterocycles. The second-order valence-corrected chi connectivity index (χ2v) is 4.94. The van der Waals surface area contributed by atoms with Crippen LogP contribution in [0.2, 0.25) is 0 Å². The summed E-state index contributed by atoms with van der Waals surface area (Å²) in [5.74, 6) is -0.980. The van der Waals surface area contributed by atoms with Gasteiger partial charge in [0.2, 0.25) is 0 Å². The van der Waals surface area contributed by atoms with Gasteiger partial charge < -0.3 is 15.8 Å². The number of esters is 1. The van der Waals surface area contributed by atoms with E-state index in [-0.39, 0.29) is 17.6 Å². The van der Waals surface area contributed by atoms with Gasteiger partial charge in [-0.25, -0.2) is 9.18 Å². The predicted molar refractivity (Wildman–Crippen MR) is 71.6 cm³/mol. The first-order chi connectivity index (χ1) is 9.10. The van der Waals surface area contributed by atoms with Crippen molar-refractivity contribution >= 4 is 11.7 Å². The maximum atomic E-state index is 13.2. The Morgan fingerprint density at radius 2 is 2.05 bits per heavy atom. The van der Waals surface area contributed by atoms with Gasteiger partial charge in [-0.3, -0.25) is 0 Å². The average molecular weight is 266 g/mol. The van der Waals surface area contributed by atoms with Gasteiger partial charge >= 0.3 is 5.97 Å². The van der Waals surface area contributed by atoms with Crippen LogP contribution in [0.5, 0.6) is 0 Å². The molecule has 1 fully saturated rings. The van der Waals surface area contributed by atoms with Crippen molar-refractivity contribution in [1.29, 1.82) is 0 Å². The number of halogens is 1. The first-order valence-corrected chi connectivity index (χ1v) is 6.50. The fourth-order valence-electron chi connectivity index (χ4n) is 2.40. The molecule has 4 nitrogen and oxygen atoms in total. The molecule has 2 rings (SSSR count). The SMILES string of the molecule is COC(=O)c1cc(F)ccc1NC1CCC(N)CC1. The number of anilines is 1. The van der Waals surface area contributed by atoms with E-state index in [1.807, 2.05) is 0 Å². The first kappa shape index (κ1) is 13.8. The van der Waals surface area contributed by atoms with Crippen molar-refractivity contribution in [3.8, 4) is 0 Å². The highest BCUT2D eigenvalue weighted by atomic mass is 19.1. The van der Waals surface area contributed by atoms with Gasteiger partial charge in [-0.05, 0) is 43.9 Å². The summed E-state index contributed by atoms with van der Waals surface area (Å²) in [6, 6.07) is 4.65. The van der Waals surface area contributed by atoms with Crippen LogP contribution in [-0.2, 0) is 4.74 Å². The number of ether oxygens (including phenoxy) is 1. The third kappa shape index (κ3) is 3.44. The van der Waals surface area contributed by atoms with Crippen molar-refractivity contribution in [3.05, 3.63) is 29.6 Å². The molecule has 1 aromatic carbocycles. The van der Waals surface area contributed by atoms with Crippen molar-refractivity contribution in [2.45, 2.75) is 37.8 Å². The van der Waals surface area contributed by atoms with Crippen molar-refractivity contribution in [2.24, 2.45) is 5.73 Å². The molecule has 1 saturated carbocycles. The van der Waals surface area contributed by atoms with Crippen LogP contribution >= 0.6 is 0 Å². The van der Waals surface area contributed by atoms with E-state index in [2.05, 4.69) is 10.1 Å². The molecule has 1 aliphatic rings. The van der Waals surface area contributed by atoms with Gasteiger partial charge in [0.15, 0.2) is 0 Å². The van der Waals surface area contributed by atoms with Crippen molar-refractivity contribution in [3.63, 3.8) is 0 Å². The first-order valence-electron chi connectivity index (χ1n) is 6.50. The second-order valence-electron chi connectivity index (χ2n) is 4.94. The lowest BCUT2D eigenvalue weighted by molar-refractivity contribution is 0.0601. The number of nitrogens with one attached hydrogen (secondary N) is 1. The maximum absolute atomic E-state index is 13.2. The monoisotopic (exact) mass is 266 g/mol. The van der Waals surface area contributed by atoms with E-state index in [0.29, 0.717) is 5.69 Å². The molecule has 0 atom stereocenters. The van der Waals surface area contributed by atoms with Gasteiger partial charge in [-0.1, -0.05) is 0 Å². The molecule has 1 aromatic rings. The molecule has 3 N–H and O–H groups in total. The third-order valence-corrected chi connectivity index (χ3v) is 3.52. The van der Waals surface area contributed by atoms with E-state index < -0.39 is 11.8 Å². The Morgan fingerprint density at radius 1 is 1.37 bits per heavy atom. The molecule has 0 radical (unpaired) electrons. The molecule has 1 aliphatic carbocycles. The van der Waals surface area contributed by atoms with E-state index in [4.69, 9.17) is 5.73 Å². The molecule has 5 heteroatoms. The molecule has 0 saturated heterocycles. The summed E-state index contributed by atoms with van der Waals surface area (Å²) in [4.78, 5) is 11.6. The molecule has 104 valence electrons. The largest absolute Gasteiger partial charge is 0.465 e. The number of methoxy groups -OCH3 is 1. The Bertz CT molecular complexity index is 457. The second kappa shape index (κ2) is 6.02. The van der Waals surface area contributed by atoms with Crippen LogP contribution in [0.4, 0.5) is 10.1 Å². The van der Waals surface area contributed by atoms with Gasteiger partial charge in [0.25, 0.3) is 0 Å². The highest BCUT2D eigenvalue weighted by Gasteiger charge is 2.20. The fraction of sp³-hybridized carbons (Fsp3) is 0.500. The number of nitrogens with two attached hydrogens (primary N) is 1. The Labute approximate surface area is 112 Å². The minimum absolute atomic E-state index is 0.234. The van der Waals surface area contributed by atoms with E-state index >= 15 is 0 Å². The van der Waals surface area contributed by atoms with E-state index in [1.54, 1.807) is 6.07 Å². The van der Waals surface area contributed by atoms with Crippen molar-refractivity contribution in [1.82, 2.24) is 0 Å². The summed E-state index contributed by atoms with van der Waals surface area (Å²) < 4.78 is 17.9. The number of hydrogen-bond acceptors (Lipinski definition) is 4. The summed E-state index contributed by atoms with van der Waals surface area (Å²) in [5, 5.41) is 3.29. The molecular weight excluding hydrogens is 247 g/mol. The Kier molecular flexibility index (Phi) is 4.37. The van der Waals surface area contributed by atoms with Gasteiger partial charge in [-0.15, -0.1) is 0 Å². The number of hydrogen-bond donors (Lipinski definition) is 2. The lowest BCUT2D eigenvalue weighted by Gasteiger charge is -2.28. The lowest BCUT2D eigenvalue weighted by Crippen LogP contribution is -2.33. The van der Waals surface area contributed by atoms with Crippen LogP contribution in [0.3, 0.4) is 0 Å². The maximum Gasteiger partial charge on any atom is 0.340 e. The average Bonchev–Trinajstić information content (AvgIpc) is 2.42. The summed E-state index contributed by atoms with van der Waals surface area (Å²) >= 11 is 0. The van der Waals surface area contributed by atoms with Crippen molar-refractivity contribution in [2.75, 3.05) is 12.4 Å². The smallest absolute Gasteiger partial charge is 0.340 e. The predicted octanol–water partition coefficient (Wildman–Crippen LogP) is 2.29. The minimum Gasteiger partial charge on any atom is -0.465 e. The van der Waals surface area contributed by atoms with Crippen LogP contribution in [-0.4, -0.2) is 25.2 Å². The van der Waals surface area contributed by atoms with E-state index in [1.165, 1.54) is 19.2 Å². The minimum atomic E-state index is -0.533. The summed E-state index contributed by atoms with van der Waals surface area (Å²) in [7, 11) is 1.29. The zero-order valence-corrected chi connectivity index (χ0v) is 11.0. The van der Waals surface area contributed by atoms with Crippen LogP contribution in [0, 0.1) is 5.82 Å². The fourth-order valence-corrected chi connectivity index (χ4v) is 2.40. The van der Waals surface area contributed by atoms with Gasteiger partial charge in [0.05, 0.1) is 12.7 Å². The standard InChI is InChI=1S/C14H19FN2O2/c1-19-14(18)12-8-9(15)2-7-13(12)17-11-5-3-10(16)4-6-11/h2,7-8,10-11,17H,3-6,16H2,1H3. The molecule has 0 amide bonds. The number of carbonyl (C=O) groups is 1. The molecule has 0 unspecified atom stereocenters. The van der Waals surface area contributed by atoms with Crippen LogP contribution < -0.4 is 11.1 Å². The molecule has 0 heterocycles. The van der Waals surface area contributed by atoms with Crippen molar-refractivity contribution < 1.29 is 13.9 Å². The topological polar surface area (TPSA) is 64.3 Å². The number of rotatable bonds is 3. The van der Waals surface area contributed by atoms with Gasteiger partial charge in [0.1, 0.15) is 5.82 Å².